The molecule has 1 aromatic carbocycles. The molecule has 0 saturated heterocycles. The van der Waals surface area contributed by atoms with Crippen molar-refractivity contribution in [3.63, 3.8) is 0 Å². The molecule has 156 valence electrons. The first kappa shape index (κ1) is 19.2. The van der Waals surface area contributed by atoms with Crippen LogP contribution in [0.15, 0.2) is 77.1 Å². The van der Waals surface area contributed by atoms with Crippen LogP contribution in [0.4, 0.5) is 13.2 Å². The number of rotatable bonds is 3. The van der Waals surface area contributed by atoms with Gasteiger partial charge in [-0.05, 0) is 47.0 Å². The molecule has 0 fully saturated rings. The lowest BCUT2D eigenvalue weighted by atomic mass is 9.81. The zero-order valence-corrected chi connectivity index (χ0v) is 16.2. The highest BCUT2D eigenvalue weighted by atomic mass is 19.3. The monoisotopic (exact) mass is 422 g/mol. The van der Waals surface area contributed by atoms with E-state index in [0.29, 0.717) is 28.1 Å². The molecule has 0 saturated carbocycles. The smallest absolute Gasteiger partial charge is 0.284 e. The second kappa shape index (κ2) is 6.90. The number of halogens is 3. The highest BCUT2D eigenvalue weighted by Crippen LogP contribution is 2.43. The van der Waals surface area contributed by atoms with Gasteiger partial charge in [0.2, 0.25) is 5.95 Å². The van der Waals surface area contributed by atoms with E-state index in [1.807, 2.05) is 0 Å². The molecule has 2 aliphatic rings. The van der Waals surface area contributed by atoms with Gasteiger partial charge in [-0.15, -0.1) is 0 Å². The molecule has 0 radical (unpaired) electrons. The molecule has 2 aliphatic heterocycles. The average Bonchev–Trinajstić information content (AvgIpc) is 3.06. The molecule has 0 spiro atoms. The lowest BCUT2D eigenvalue weighted by Gasteiger charge is -2.35. The summed E-state index contributed by atoms with van der Waals surface area (Å²) in [6.07, 6.45) is 4.56. The zero-order valence-electron chi connectivity index (χ0n) is 16.2. The third-order valence-corrected chi connectivity index (χ3v) is 5.44. The molecule has 1 atom stereocenters. The predicted molar refractivity (Wildman–Crippen MR) is 110 cm³/mol. The van der Waals surface area contributed by atoms with Gasteiger partial charge in [-0.1, -0.05) is 18.2 Å². The molecular weight excluding hydrogens is 405 g/mol. The topological polar surface area (TPSA) is 79.8 Å². The fourth-order valence-electron chi connectivity index (χ4n) is 4.07. The number of guanidine groups is 1. The quantitative estimate of drug-likeness (QED) is 0.658. The zero-order chi connectivity index (χ0) is 21.6. The van der Waals surface area contributed by atoms with E-state index in [9.17, 15) is 13.2 Å². The Bertz CT molecular complexity index is 1210. The molecule has 5 rings (SSSR count). The van der Waals surface area contributed by atoms with E-state index in [2.05, 4.69) is 20.0 Å². The van der Waals surface area contributed by atoms with Gasteiger partial charge < -0.3 is 5.73 Å². The Kier molecular flexibility index (Phi) is 4.28. The summed E-state index contributed by atoms with van der Waals surface area (Å²) in [6, 6.07) is 13.8. The molecule has 0 bridgehead atoms. The van der Waals surface area contributed by atoms with Crippen molar-refractivity contribution in [3.05, 3.63) is 84.2 Å². The van der Waals surface area contributed by atoms with E-state index in [1.165, 1.54) is 11.1 Å². The number of aromatic nitrogens is 2. The van der Waals surface area contributed by atoms with E-state index in [4.69, 9.17) is 5.73 Å². The molecule has 6 nitrogen and oxygen atoms in total. The molecule has 2 aromatic heterocycles. The third-order valence-electron chi connectivity index (χ3n) is 5.44. The van der Waals surface area contributed by atoms with Crippen LogP contribution in [0.1, 0.15) is 11.1 Å². The minimum absolute atomic E-state index is 0.0482. The predicted octanol–water partition coefficient (Wildman–Crippen LogP) is 3.20. The number of benzene rings is 1. The molecule has 0 amide bonds. The number of nitrogens with zero attached hydrogens (tertiary/aromatic N) is 5. The summed E-state index contributed by atoms with van der Waals surface area (Å²) in [4.78, 5) is 17.9. The number of nitrogens with two attached hydrogens (primary N) is 1. The maximum absolute atomic E-state index is 14.3. The summed E-state index contributed by atoms with van der Waals surface area (Å²) in [5.41, 5.74) is 7.04. The number of pyridine rings is 2. The van der Waals surface area contributed by atoms with Gasteiger partial charge in [0.25, 0.3) is 5.92 Å². The first-order chi connectivity index (χ1) is 14.9. The van der Waals surface area contributed by atoms with Crippen molar-refractivity contribution < 1.29 is 13.2 Å². The van der Waals surface area contributed by atoms with Crippen molar-refractivity contribution in [1.82, 2.24) is 14.9 Å². The molecule has 31 heavy (non-hydrogen) atoms. The Balaban J connectivity index is 1.75. The summed E-state index contributed by atoms with van der Waals surface area (Å²) >= 11 is 0. The summed E-state index contributed by atoms with van der Waals surface area (Å²) in [5.74, 6) is -3.36. The van der Waals surface area contributed by atoms with Gasteiger partial charge in [0, 0.05) is 24.2 Å². The van der Waals surface area contributed by atoms with Gasteiger partial charge in [0.1, 0.15) is 12.4 Å². The Labute approximate surface area is 176 Å². The van der Waals surface area contributed by atoms with Gasteiger partial charge in [-0.3, -0.25) is 14.9 Å². The van der Waals surface area contributed by atoms with Crippen LogP contribution < -0.4 is 5.73 Å². The minimum atomic E-state index is -3.02. The highest BCUT2D eigenvalue weighted by Gasteiger charge is 2.53. The lowest BCUT2D eigenvalue weighted by Crippen LogP contribution is -2.53. The van der Waals surface area contributed by atoms with Crippen LogP contribution in [0.2, 0.25) is 0 Å². The standard InChI is InChI=1S/C22H17F3N6/c23-18-17(5-2-8-28-18)14-3-1-4-16(11-14)22(15-6-9-27-10-7-15)19-29-12-21(24,25)13-31(19)20(26)30-22/h1-11H,12-13H2,(H2,26,30). The second-order valence-electron chi connectivity index (χ2n) is 7.42. The van der Waals surface area contributed by atoms with Crippen molar-refractivity contribution in [2.75, 3.05) is 13.1 Å². The second-order valence-corrected chi connectivity index (χ2v) is 7.42. The first-order valence-electron chi connectivity index (χ1n) is 9.58. The number of amidine groups is 1. The summed E-state index contributed by atoms with van der Waals surface area (Å²) in [7, 11) is 0. The van der Waals surface area contributed by atoms with Gasteiger partial charge in [-0.25, -0.2) is 18.8 Å². The largest absolute Gasteiger partial charge is 0.369 e. The van der Waals surface area contributed by atoms with Crippen LogP contribution in [-0.2, 0) is 5.54 Å². The molecule has 0 aliphatic carbocycles. The number of hydrogen-bond acceptors (Lipinski definition) is 6. The summed E-state index contributed by atoms with van der Waals surface area (Å²) in [6.45, 7) is -1.27. The number of alkyl halides is 2. The maximum atomic E-state index is 14.3. The number of aliphatic imine (C=N–C) groups is 2. The van der Waals surface area contributed by atoms with Gasteiger partial charge >= 0.3 is 0 Å². The average molecular weight is 422 g/mol. The first-order valence-corrected chi connectivity index (χ1v) is 9.58. The molecule has 9 heteroatoms. The minimum Gasteiger partial charge on any atom is -0.369 e. The van der Waals surface area contributed by atoms with Gasteiger partial charge in [0.05, 0.1) is 6.54 Å². The SMILES string of the molecule is NC1=NC(c2ccncc2)(c2cccc(-c3cccnc3F)c2)C2=NCC(F)(F)CN12. The molecular formula is C22H17F3N6. The van der Waals surface area contributed by atoms with Crippen LogP contribution in [0, 0.1) is 5.95 Å². The molecule has 3 aromatic rings. The van der Waals surface area contributed by atoms with Crippen LogP contribution in [0.25, 0.3) is 11.1 Å². The normalized spacial score (nSPS) is 22.0. The van der Waals surface area contributed by atoms with E-state index in [0.717, 1.165) is 0 Å². The molecule has 4 heterocycles. The van der Waals surface area contributed by atoms with Crippen molar-refractivity contribution in [2.45, 2.75) is 11.5 Å². The van der Waals surface area contributed by atoms with Gasteiger partial charge in [-0.2, -0.15) is 4.39 Å². The fraction of sp³-hybridized carbons (Fsp3) is 0.182. The van der Waals surface area contributed by atoms with Crippen LogP contribution >= 0.6 is 0 Å². The van der Waals surface area contributed by atoms with Crippen molar-refractivity contribution in [2.24, 2.45) is 15.7 Å². The van der Waals surface area contributed by atoms with Crippen molar-refractivity contribution in [1.29, 1.82) is 0 Å². The summed E-state index contributed by atoms with van der Waals surface area (Å²) in [5, 5.41) is 0. The van der Waals surface area contributed by atoms with E-state index in [1.54, 1.807) is 60.9 Å². The maximum Gasteiger partial charge on any atom is 0.284 e. The highest BCUT2D eigenvalue weighted by molar-refractivity contribution is 6.12. The Morgan fingerprint density at radius 3 is 2.55 bits per heavy atom. The van der Waals surface area contributed by atoms with Crippen LogP contribution in [0.5, 0.6) is 0 Å². The van der Waals surface area contributed by atoms with Crippen LogP contribution in [0.3, 0.4) is 0 Å². The number of fused-ring (bicyclic) bond motifs is 1. The van der Waals surface area contributed by atoms with E-state index in [-0.39, 0.29) is 5.96 Å². The third kappa shape index (κ3) is 3.04. The molecule has 2 N–H and O–H groups in total. The van der Waals surface area contributed by atoms with E-state index >= 15 is 0 Å². The lowest BCUT2D eigenvalue weighted by molar-refractivity contribution is -0.00437. The van der Waals surface area contributed by atoms with Gasteiger partial charge in [0.15, 0.2) is 11.5 Å². The fourth-order valence-corrected chi connectivity index (χ4v) is 4.07. The van der Waals surface area contributed by atoms with Crippen molar-refractivity contribution in [3.8, 4) is 11.1 Å². The Morgan fingerprint density at radius 1 is 0.968 bits per heavy atom. The van der Waals surface area contributed by atoms with Crippen LogP contribution in [-0.4, -0.2) is 45.7 Å². The molecule has 1 unspecified atom stereocenters. The van der Waals surface area contributed by atoms with Crippen molar-refractivity contribution >= 4 is 11.8 Å². The Hall–Kier alpha value is -3.75. The Morgan fingerprint density at radius 2 is 1.77 bits per heavy atom. The van der Waals surface area contributed by atoms with E-state index < -0.39 is 30.5 Å². The summed E-state index contributed by atoms with van der Waals surface area (Å²) < 4.78 is 42.5. The number of hydrogen-bond donors (Lipinski definition) is 1.